The average Bonchev–Trinajstić information content (AvgIpc) is 3.17. The van der Waals surface area contributed by atoms with Gasteiger partial charge in [-0.2, -0.15) is 0 Å². The quantitative estimate of drug-likeness (QED) is 0.319. The molecule has 1 aliphatic rings. The molecule has 0 bridgehead atoms. The number of thioether (sulfide) groups is 1. The molecule has 1 amide bonds. The molecular weight excluding hydrogens is 454 g/mol. The number of rotatable bonds is 10. The van der Waals surface area contributed by atoms with Crippen molar-refractivity contribution in [2.75, 3.05) is 25.5 Å². The predicted octanol–water partition coefficient (Wildman–Crippen LogP) is 5.06. The van der Waals surface area contributed by atoms with E-state index in [1.54, 1.807) is 17.7 Å². The first-order valence-electron chi connectivity index (χ1n) is 11.6. The summed E-state index contributed by atoms with van der Waals surface area (Å²) in [5, 5.41) is 5.12. The Bertz CT molecular complexity index is 1120. The van der Waals surface area contributed by atoms with E-state index in [9.17, 15) is 4.79 Å². The number of hydrogen-bond acceptors (Lipinski definition) is 7. The Kier molecular flexibility index (Phi) is 8.09. The third-order valence-corrected chi connectivity index (χ3v) is 7.89. The van der Waals surface area contributed by atoms with Crippen LogP contribution in [0.2, 0.25) is 0 Å². The first kappa shape index (κ1) is 23.8. The highest BCUT2D eigenvalue weighted by Gasteiger charge is 2.23. The molecule has 176 valence electrons. The Balaban J connectivity index is 1.32. The Morgan fingerprint density at radius 1 is 1.21 bits per heavy atom. The van der Waals surface area contributed by atoms with Crippen LogP contribution in [0.25, 0.3) is 10.2 Å². The number of aryl methyl sites for hydroxylation is 1. The summed E-state index contributed by atoms with van der Waals surface area (Å²) < 4.78 is 11.3. The van der Waals surface area contributed by atoms with Crippen molar-refractivity contribution in [3.05, 3.63) is 40.5 Å². The lowest BCUT2D eigenvalue weighted by Crippen LogP contribution is -2.27. The number of thiophene rings is 1. The minimum absolute atomic E-state index is 0.0143. The third-order valence-electron chi connectivity index (χ3n) is 5.74. The molecular formula is C25H31N3O3S2. The SMILES string of the molecule is CCOc1ccc(CCNC(=O)CSc2ncnc3sc4c(c23)CCC(C)C4)cc1OCC. The van der Waals surface area contributed by atoms with Crippen LogP contribution in [-0.2, 0) is 24.1 Å². The van der Waals surface area contributed by atoms with Crippen molar-refractivity contribution in [1.29, 1.82) is 0 Å². The minimum Gasteiger partial charge on any atom is -0.490 e. The van der Waals surface area contributed by atoms with Crippen molar-refractivity contribution in [1.82, 2.24) is 15.3 Å². The van der Waals surface area contributed by atoms with Gasteiger partial charge in [0.25, 0.3) is 0 Å². The van der Waals surface area contributed by atoms with Gasteiger partial charge in [0.05, 0.1) is 19.0 Å². The van der Waals surface area contributed by atoms with Crippen LogP contribution >= 0.6 is 23.1 Å². The molecule has 2 heterocycles. The molecule has 1 aliphatic carbocycles. The standard InChI is InChI=1S/C25H31N3O3S2/c1-4-30-19-9-7-17(13-20(19)31-5-2)10-11-26-22(29)14-32-24-23-18-8-6-16(3)12-21(18)33-25(23)28-15-27-24/h7,9,13,15-16H,4-6,8,10-12,14H2,1-3H3,(H,26,29). The van der Waals surface area contributed by atoms with E-state index in [1.807, 2.05) is 32.0 Å². The fourth-order valence-corrected chi connectivity index (χ4v) is 6.41. The van der Waals surface area contributed by atoms with E-state index in [0.29, 0.717) is 25.5 Å². The van der Waals surface area contributed by atoms with Crippen molar-refractivity contribution in [2.24, 2.45) is 5.92 Å². The molecule has 0 saturated carbocycles. The van der Waals surface area contributed by atoms with Gasteiger partial charge in [0.15, 0.2) is 11.5 Å². The van der Waals surface area contributed by atoms with E-state index in [2.05, 4.69) is 22.2 Å². The summed E-state index contributed by atoms with van der Waals surface area (Å²) in [4.78, 5) is 24.0. The lowest BCUT2D eigenvalue weighted by atomic mass is 9.89. The topological polar surface area (TPSA) is 73.3 Å². The molecule has 2 aromatic heterocycles. The Morgan fingerprint density at radius 2 is 2.03 bits per heavy atom. The van der Waals surface area contributed by atoms with Crippen LogP contribution in [0.5, 0.6) is 11.5 Å². The van der Waals surface area contributed by atoms with Gasteiger partial charge < -0.3 is 14.8 Å². The zero-order valence-electron chi connectivity index (χ0n) is 19.5. The number of amides is 1. The minimum atomic E-state index is 0.0143. The molecule has 1 N–H and O–H groups in total. The maximum Gasteiger partial charge on any atom is 0.230 e. The van der Waals surface area contributed by atoms with Crippen molar-refractivity contribution >= 4 is 39.2 Å². The maximum atomic E-state index is 12.5. The van der Waals surface area contributed by atoms with Crippen LogP contribution in [-0.4, -0.2) is 41.4 Å². The van der Waals surface area contributed by atoms with Gasteiger partial charge >= 0.3 is 0 Å². The van der Waals surface area contributed by atoms with Crippen LogP contribution in [0.4, 0.5) is 0 Å². The van der Waals surface area contributed by atoms with E-state index < -0.39 is 0 Å². The third kappa shape index (κ3) is 5.79. The second kappa shape index (κ2) is 11.2. The number of carbonyl (C=O) groups is 1. The van der Waals surface area contributed by atoms with Gasteiger partial charge in [0.1, 0.15) is 16.2 Å². The zero-order valence-corrected chi connectivity index (χ0v) is 21.1. The van der Waals surface area contributed by atoms with E-state index >= 15 is 0 Å². The number of carbonyl (C=O) groups excluding carboxylic acids is 1. The Labute approximate surface area is 203 Å². The summed E-state index contributed by atoms with van der Waals surface area (Å²) in [6.07, 6.45) is 5.76. The number of benzene rings is 1. The van der Waals surface area contributed by atoms with Gasteiger partial charge in [0.2, 0.25) is 5.91 Å². The highest BCUT2D eigenvalue weighted by atomic mass is 32.2. The van der Waals surface area contributed by atoms with Gasteiger partial charge in [-0.3, -0.25) is 4.79 Å². The molecule has 3 aromatic rings. The molecule has 6 nitrogen and oxygen atoms in total. The summed E-state index contributed by atoms with van der Waals surface area (Å²) in [6, 6.07) is 5.95. The first-order valence-corrected chi connectivity index (χ1v) is 13.4. The van der Waals surface area contributed by atoms with Crippen molar-refractivity contribution < 1.29 is 14.3 Å². The largest absolute Gasteiger partial charge is 0.490 e. The molecule has 1 unspecified atom stereocenters. The van der Waals surface area contributed by atoms with Gasteiger partial charge in [-0.05, 0) is 68.7 Å². The van der Waals surface area contributed by atoms with Gasteiger partial charge in [-0.25, -0.2) is 9.97 Å². The van der Waals surface area contributed by atoms with E-state index in [1.165, 1.54) is 34.0 Å². The Morgan fingerprint density at radius 3 is 2.85 bits per heavy atom. The van der Waals surface area contributed by atoms with Gasteiger partial charge in [0, 0.05) is 16.8 Å². The summed E-state index contributed by atoms with van der Waals surface area (Å²) in [5.74, 6) is 2.59. The average molecular weight is 486 g/mol. The molecule has 8 heteroatoms. The summed E-state index contributed by atoms with van der Waals surface area (Å²) >= 11 is 3.29. The number of ether oxygens (including phenoxy) is 2. The summed E-state index contributed by atoms with van der Waals surface area (Å²) in [7, 11) is 0. The number of hydrogen-bond donors (Lipinski definition) is 1. The molecule has 1 aromatic carbocycles. The number of fused-ring (bicyclic) bond motifs is 3. The van der Waals surface area contributed by atoms with Crippen LogP contribution in [0.15, 0.2) is 29.6 Å². The second-order valence-corrected chi connectivity index (χ2v) is 10.3. The maximum absolute atomic E-state index is 12.5. The zero-order chi connectivity index (χ0) is 23.2. The summed E-state index contributed by atoms with van der Waals surface area (Å²) in [6.45, 7) is 7.97. The van der Waals surface area contributed by atoms with Crippen molar-refractivity contribution in [3.63, 3.8) is 0 Å². The van der Waals surface area contributed by atoms with E-state index in [4.69, 9.17) is 9.47 Å². The normalized spacial score (nSPS) is 15.3. The smallest absolute Gasteiger partial charge is 0.230 e. The monoisotopic (exact) mass is 485 g/mol. The fourth-order valence-electron chi connectivity index (χ4n) is 4.14. The van der Waals surface area contributed by atoms with Crippen LogP contribution in [0.1, 0.15) is 43.2 Å². The molecule has 4 rings (SSSR count). The molecule has 0 saturated heterocycles. The molecule has 1 atom stereocenters. The Hall–Kier alpha value is -2.32. The molecule has 0 spiro atoms. The fraction of sp³-hybridized carbons (Fsp3) is 0.480. The molecule has 0 fully saturated rings. The van der Waals surface area contributed by atoms with E-state index in [0.717, 1.165) is 52.1 Å². The lowest BCUT2D eigenvalue weighted by molar-refractivity contribution is -0.118. The number of nitrogens with one attached hydrogen (secondary N) is 1. The number of aromatic nitrogens is 2. The molecule has 33 heavy (non-hydrogen) atoms. The highest BCUT2D eigenvalue weighted by Crippen LogP contribution is 2.40. The van der Waals surface area contributed by atoms with Crippen LogP contribution < -0.4 is 14.8 Å². The number of nitrogens with zero attached hydrogens (tertiary/aromatic N) is 2. The first-order chi connectivity index (χ1) is 16.1. The van der Waals surface area contributed by atoms with Crippen LogP contribution in [0.3, 0.4) is 0 Å². The second-order valence-electron chi connectivity index (χ2n) is 8.25. The molecule has 0 aliphatic heterocycles. The van der Waals surface area contributed by atoms with Crippen molar-refractivity contribution in [3.8, 4) is 11.5 Å². The summed E-state index contributed by atoms with van der Waals surface area (Å²) in [5.41, 5.74) is 2.50. The van der Waals surface area contributed by atoms with Gasteiger partial charge in [-0.1, -0.05) is 24.8 Å². The highest BCUT2D eigenvalue weighted by molar-refractivity contribution is 8.00. The molecule has 0 radical (unpaired) electrons. The van der Waals surface area contributed by atoms with Crippen molar-refractivity contribution in [2.45, 2.75) is 51.5 Å². The lowest BCUT2D eigenvalue weighted by Gasteiger charge is -2.18. The van der Waals surface area contributed by atoms with Gasteiger partial charge in [-0.15, -0.1) is 11.3 Å². The van der Waals surface area contributed by atoms with E-state index in [-0.39, 0.29) is 5.91 Å². The van der Waals surface area contributed by atoms with Crippen LogP contribution in [0, 0.1) is 5.92 Å². The predicted molar refractivity (Wildman–Crippen MR) is 135 cm³/mol.